The van der Waals surface area contributed by atoms with Crippen LogP contribution in [0, 0.1) is 26.6 Å². The maximum absolute atomic E-state index is 13.0. The summed E-state index contributed by atoms with van der Waals surface area (Å²) in [5.41, 5.74) is 4.40. The number of benzene rings is 2. The Labute approximate surface area is 163 Å². The summed E-state index contributed by atoms with van der Waals surface area (Å²) in [5, 5.41) is 2.69. The molecule has 0 aliphatic carbocycles. The summed E-state index contributed by atoms with van der Waals surface area (Å²) in [6, 6.07) is 9.76. The number of hydrogen-bond donors (Lipinski definition) is 1. The van der Waals surface area contributed by atoms with Crippen molar-refractivity contribution < 1.29 is 12.8 Å². The molecule has 3 rings (SSSR count). The highest BCUT2D eigenvalue weighted by molar-refractivity contribution is 7.89. The van der Waals surface area contributed by atoms with Gasteiger partial charge in [0, 0.05) is 23.9 Å². The van der Waals surface area contributed by atoms with Gasteiger partial charge in [0.2, 0.25) is 10.0 Å². The summed E-state index contributed by atoms with van der Waals surface area (Å²) in [6.45, 7) is 5.94. The molecule has 0 bridgehead atoms. The highest BCUT2D eigenvalue weighted by Crippen LogP contribution is 2.24. The van der Waals surface area contributed by atoms with E-state index in [4.69, 9.17) is 0 Å². The van der Waals surface area contributed by atoms with Gasteiger partial charge in [-0.3, -0.25) is 0 Å². The molecular formula is C20H21FN2O2S2. The molecule has 27 heavy (non-hydrogen) atoms. The van der Waals surface area contributed by atoms with Gasteiger partial charge >= 0.3 is 0 Å². The van der Waals surface area contributed by atoms with Gasteiger partial charge < -0.3 is 0 Å². The van der Waals surface area contributed by atoms with E-state index in [1.54, 1.807) is 25.1 Å². The van der Waals surface area contributed by atoms with Crippen molar-refractivity contribution in [1.82, 2.24) is 9.71 Å². The minimum atomic E-state index is -3.57. The topological polar surface area (TPSA) is 59.1 Å². The van der Waals surface area contributed by atoms with Gasteiger partial charge in [-0.2, -0.15) is 0 Å². The molecule has 1 N–H and O–H groups in total. The lowest BCUT2D eigenvalue weighted by molar-refractivity contribution is 0.580. The summed E-state index contributed by atoms with van der Waals surface area (Å²) < 4.78 is 40.9. The van der Waals surface area contributed by atoms with Crippen molar-refractivity contribution in [2.75, 3.05) is 6.54 Å². The first-order valence-electron chi connectivity index (χ1n) is 8.54. The van der Waals surface area contributed by atoms with E-state index in [0.29, 0.717) is 11.3 Å². The number of nitrogens with one attached hydrogen (secondary N) is 1. The van der Waals surface area contributed by atoms with Crippen molar-refractivity contribution in [3.63, 3.8) is 0 Å². The van der Waals surface area contributed by atoms with Crippen molar-refractivity contribution in [2.45, 2.75) is 32.1 Å². The molecule has 0 atom stereocenters. The van der Waals surface area contributed by atoms with Crippen LogP contribution in [0.15, 0.2) is 46.7 Å². The van der Waals surface area contributed by atoms with Crippen molar-refractivity contribution in [2.24, 2.45) is 0 Å². The molecular weight excluding hydrogens is 383 g/mol. The summed E-state index contributed by atoms with van der Waals surface area (Å²) in [4.78, 5) is 4.82. The number of aryl methyl sites for hydroxylation is 3. The standard InChI is InChI=1S/C20H21FN2O2S2/c1-13-10-15(3)19(11-14(13)2)27(24,25)22-9-8-18-12-26-20(23-18)16-4-6-17(21)7-5-16/h4-7,10-12,22H,8-9H2,1-3H3. The highest BCUT2D eigenvalue weighted by atomic mass is 32.2. The van der Waals surface area contributed by atoms with Crippen LogP contribution in [0.2, 0.25) is 0 Å². The fraction of sp³-hybridized carbons (Fsp3) is 0.250. The predicted molar refractivity (Wildman–Crippen MR) is 107 cm³/mol. The third-order valence-corrected chi connectivity index (χ3v) is 6.94. The number of aromatic nitrogens is 1. The number of rotatable bonds is 6. The van der Waals surface area contributed by atoms with Crippen LogP contribution in [0.1, 0.15) is 22.4 Å². The van der Waals surface area contributed by atoms with Gasteiger partial charge in [-0.1, -0.05) is 6.07 Å². The number of thiazole rings is 1. The summed E-state index contributed by atoms with van der Waals surface area (Å²) in [6.07, 6.45) is 0.487. The lowest BCUT2D eigenvalue weighted by Gasteiger charge is -2.11. The third-order valence-electron chi connectivity index (χ3n) is 4.40. The van der Waals surface area contributed by atoms with Crippen LogP contribution in [0.5, 0.6) is 0 Å². The molecule has 1 aromatic heterocycles. The molecule has 4 nitrogen and oxygen atoms in total. The summed E-state index contributed by atoms with van der Waals surface area (Å²) >= 11 is 1.46. The molecule has 0 radical (unpaired) electrons. The van der Waals surface area contributed by atoms with E-state index in [0.717, 1.165) is 33.0 Å². The fourth-order valence-electron chi connectivity index (χ4n) is 2.76. The Hall–Kier alpha value is -2.09. The minimum Gasteiger partial charge on any atom is -0.241 e. The van der Waals surface area contributed by atoms with Crippen LogP contribution < -0.4 is 4.72 Å². The second-order valence-electron chi connectivity index (χ2n) is 6.50. The number of nitrogens with zero attached hydrogens (tertiary/aromatic N) is 1. The molecule has 3 aromatic rings. The number of sulfonamides is 1. The Balaban J connectivity index is 1.66. The van der Waals surface area contributed by atoms with E-state index in [-0.39, 0.29) is 12.4 Å². The van der Waals surface area contributed by atoms with Gasteiger partial charge in [0.1, 0.15) is 10.8 Å². The van der Waals surface area contributed by atoms with Crippen molar-refractivity contribution in [1.29, 1.82) is 0 Å². The molecule has 142 valence electrons. The van der Waals surface area contributed by atoms with Crippen LogP contribution in [0.25, 0.3) is 10.6 Å². The lowest BCUT2D eigenvalue weighted by Crippen LogP contribution is -2.26. The van der Waals surface area contributed by atoms with E-state index >= 15 is 0 Å². The first-order chi connectivity index (χ1) is 12.8. The number of hydrogen-bond acceptors (Lipinski definition) is 4. The normalized spacial score (nSPS) is 11.7. The molecule has 0 saturated heterocycles. The Morgan fingerprint density at radius 1 is 1.04 bits per heavy atom. The van der Waals surface area contributed by atoms with E-state index in [9.17, 15) is 12.8 Å². The first kappa shape index (κ1) is 19.7. The average molecular weight is 405 g/mol. The third kappa shape index (κ3) is 4.61. The van der Waals surface area contributed by atoms with E-state index in [1.807, 2.05) is 25.3 Å². The molecule has 0 spiro atoms. The molecule has 0 aliphatic heterocycles. The van der Waals surface area contributed by atoms with Gasteiger partial charge in [0.05, 0.1) is 10.6 Å². The smallest absolute Gasteiger partial charge is 0.240 e. The van der Waals surface area contributed by atoms with Gasteiger partial charge in [0.25, 0.3) is 0 Å². The van der Waals surface area contributed by atoms with Gasteiger partial charge in [-0.15, -0.1) is 11.3 Å². The van der Waals surface area contributed by atoms with Crippen molar-refractivity contribution in [3.8, 4) is 10.6 Å². The van der Waals surface area contributed by atoms with Crippen molar-refractivity contribution in [3.05, 3.63) is 70.0 Å². The van der Waals surface area contributed by atoms with E-state index < -0.39 is 10.0 Å². The maximum Gasteiger partial charge on any atom is 0.240 e. The SMILES string of the molecule is Cc1cc(C)c(S(=O)(=O)NCCc2csc(-c3ccc(F)cc3)n2)cc1C. The molecule has 0 unspecified atom stereocenters. The van der Waals surface area contributed by atoms with Crippen LogP contribution in [0.3, 0.4) is 0 Å². The summed E-state index contributed by atoms with van der Waals surface area (Å²) in [5.74, 6) is -0.286. The summed E-state index contributed by atoms with van der Waals surface area (Å²) in [7, 11) is -3.57. The zero-order valence-electron chi connectivity index (χ0n) is 15.4. The van der Waals surface area contributed by atoms with E-state index in [2.05, 4.69) is 9.71 Å². The fourth-order valence-corrected chi connectivity index (χ4v) is 4.96. The quantitative estimate of drug-likeness (QED) is 0.663. The molecule has 0 amide bonds. The monoisotopic (exact) mass is 404 g/mol. The predicted octanol–water partition coefficient (Wildman–Crippen LogP) is 4.40. The molecule has 0 fully saturated rings. The lowest BCUT2D eigenvalue weighted by atomic mass is 10.1. The van der Waals surface area contributed by atoms with Gasteiger partial charge in [0.15, 0.2) is 0 Å². The molecule has 7 heteroatoms. The minimum absolute atomic E-state index is 0.265. The zero-order chi connectivity index (χ0) is 19.6. The van der Waals surface area contributed by atoms with Crippen molar-refractivity contribution >= 4 is 21.4 Å². The second kappa shape index (κ2) is 7.88. The van der Waals surface area contributed by atoms with Crippen LogP contribution in [-0.2, 0) is 16.4 Å². The van der Waals surface area contributed by atoms with Crippen LogP contribution in [0.4, 0.5) is 4.39 Å². The largest absolute Gasteiger partial charge is 0.241 e. The van der Waals surface area contributed by atoms with Crippen LogP contribution >= 0.6 is 11.3 Å². The Bertz CT molecular complexity index is 1060. The Kier molecular flexibility index (Phi) is 5.74. The second-order valence-corrected chi connectivity index (χ2v) is 9.09. The molecule has 0 aliphatic rings. The highest BCUT2D eigenvalue weighted by Gasteiger charge is 2.17. The number of halogens is 1. The average Bonchev–Trinajstić information content (AvgIpc) is 3.07. The van der Waals surface area contributed by atoms with Gasteiger partial charge in [-0.05, 0) is 67.8 Å². The zero-order valence-corrected chi connectivity index (χ0v) is 17.0. The molecule has 0 saturated carbocycles. The first-order valence-corrected chi connectivity index (χ1v) is 10.9. The van der Waals surface area contributed by atoms with Crippen LogP contribution in [-0.4, -0.2) is 19.9 Å². The Morgan fingerprint density at radius 3 is 2.41 bits per heavy atom. The Morgan fingerprint density at radius 2 is 1.70 bits per heavy atom. The maximum atomic E-state index is 13.0. The van der Waals surface area contributed by atoms with E-state index in [1.165, 1.54) is 23.5 Å². The molecule has 2 aromatic carbocycles. The molecule has 1 heterocycles. The van der Waals surface area contributed by atoms with Gasteiger partial charge in [-0.25, -0.2) is 22.5 Å².